The summed E-state index contributed by atoms with van der Waals surface area (Å²) in [4.78, 5) is 13.0. The molecule has 1 saturated heterocycles. The van der Waals surface area contributed by atoms with Gasteiger partial charge in [0, 0.05) is 6.42 Å². The smallest absolute Gasteiger partial charge is 0.220 e. The lowest BCUT2D eigenvalue weighted by Gasteiger charge is -2.40. The van der Waals surface area contributed by atoms with Gasteiger partial charge in [0.2, 0.25) is 5.91 Å². The number of aliphatic hydroxyl groups is 5. The van der Waals surface area contributed by atoms with Crippen LogP contribution in [0.15, 0.2) is 97.2 Å². The van der Waals surface area contributed by atoms with Gasteiger partial charge in [0.1, 0.15) is 24.4 Å². The summed E-state index contributed by atoms with van der Waals surface area (Å²) in [6, 6.07) is -0.842. The molecule has 0 radical (unpaired) electrons. The summed E-state index contributed by atoms with van der Waals surface area (Å²) in [6.45, 7) is 3.61. The maximum atomic E-state index is 13.0. The Bertz CT molecular complexity index is 1300. The van der Waals surface area contributed by atoms with Gasteiger partial charge in [-0.3, -0.25) is 4.79 Å². The van der Waals surface area contributed by atoms with Crippen LogP contribution in [0, 0.1) is 0 Å². The monoisotopic (exact) mass is 882 g/mol. The van der Waals surface area contributed by atoms with Gasteiger partial charge < -0.3 is 40.3 Å². The maximum absolute atomic E-state index is 13.0. The molecule has 7 atom stereocenters. The molecule has 360 valence electrons. The van der Waals surface area contributed by atoms with E-state index >= 15 is 0 Å². The molecule has 0 aromatic rings. The Labute approximate surface area is 383 Å². The van der Waals surface area contributed by atoms with Crippen molar-refractivity contribution in [1.29, 1.82) is 0 Å². The lowest BCUT2D eigenvalue weighted by atomic mass is 9.99. The number of nitrogens with one attached hydrogen (secondary N) is 1. The minimum absolute atomic E-state index is 0.216. The predicted molar refractivity (Wildman–Crippen MR) is 262 cm³/mol. The van der Waals surface area contributed by atoms with Crippen LogP contribution in [0.5, 0.6) is 0 Å². The zero-order chi connectivity index (χ0) is 45.9. The molecule has 0 spiro atoms. The normalized spacial score (nSPS) is 21.0. The van der Waals surface area contributed by atoms with Gasteiger partial charge in [0.05, 0.1) is 25.4 Å². The fourth-order valence-electron chi connectivity index (χ4n) is 7.17. The van der Waals surface area contributed by atoms with Crippen molar-refractivity contribution in [2.24, 2.45) is 0 Å². The van der Waals surface area contributed by atoms with Crippen molar-refractivity contribution in [3.8, 4) is 0 Å². The Morgan fingerprint density at radius 2 is 1.00 bits per heavy atom. The molecule has 63 heavy (non-hydrogen) atoms. The number of hydrogen-bond donors (Lipinski definition) is 6. The Morgan fingerprint density at radius 1 is 0.556 bits per heavy atom. The van der Waals surface area contributed by atoms with E-state index in [-0.39, 0.29) is 12.5 Å². The van der Waals surface area contributed by atoms with Crippen LogP contribution in [-0.2, 0) is 14.3 Å². The third-order valence-corrected chi connectivity index (χ3v) is 11.1. The molecule has 1 aliphatic rings. The quantitative estimate of drug-likeness (QED) is 0.0263. The van der Waals surface area contributed by atoms with Crippen molar-refractivity contribution in [2.75, 3.05) is 13.2 Å². The van der Waals surface area contributed by atoms with Crippen LogP contribution in [0.3, 0.4) is 0 Å². The van der Waals surface area contributed by atoms with E-state index < -0.39 is 49.5 Å². The van der Waals surface area contributed by atoms with Crippen molar-refractivity contribution >= 4 is 5.91 Å². The first kappa shape index (κ1) is 58.1. The molecule has 7 unspecified atom stereocenters. The minimum atomic E-state index is -1.58. The number of unbranched alkanes of at least 4 members (excludes halogenated alkanes) is 16. The van der Waals surface area contributed by atoms with Gasteiger partial charge in [-0.25, -0.2) is 0 Å². The van der Waals surface area contributed by atoms with E-state index in [1.807, 2.05) is 6.08 Å². The van der Waals surface area contributed by atoms with Crippen molar-refractivity contribution in [3.05, 3.63) is 97.2 Å². The summed E-state index contributed by atoms with van der Waals surface area (Å²) < 4.78 is 11.2. The van der Waals surface area contributed by atoms with E-state index in [1.54, 1.807) is 6.08 Å². The van der Waals surface area contributed by atoms with Crippen LogP contribution >= 0.6 is 0 Å². The molecule has 0 bridgehead atoms. The summed E-state index contributed by atoms with van der Waals surface area (Å²) in [5.41, 5.74) is 0. The number of carbonyl (C=O) groups excluding carboxylic acids is 1. The molecule has 1 fully saturated rings. The second-order valence-electron chi connectivity index (χ2n) is 16.9. The highest BCUT2D eigenvalue weighted by Crippen LogP contribution is 2.22. The molecule has 0 saturated carbocycles. The summed E-state index contributed by atoms with van der Waals surface area (Å²) in [6.07, 6.45) is 54.5. The first-order valence-electron chi connectivity index (χ1n) is 25.0. The van der Waals surface area contributed by atoms with Gasteiger partial charge in [0.25, 0.3) is 0 Å². The van der Waals surface area contributed by atoms with E-state index in [9.17, 15) is 30.3 Å². The number of carbonyl (C=O) groups is 1. The summed E-state index contributed by atoms with van der Waals surface area (Å²) in [5.74, 6) is -0.216. The Hall–Kier alpha value is -2.89. The molecular weight excluding hydrogens is 791 g/mol. The zero-order valence-corrected chi connectivity index (χ0v) is 39.5. The number of hydrogen-bond acceptors (Lipinski definition) is 8. The van der Waals surface area contributed by atoms with Gasteiger partial charge in [-0.15, -0.1) is 0 Å². The van der Waals surface area contributed by atoms with E-state index in [1.165, 1.54) is 70.6 Å². The molecular formula is C54H91NO8. The largest absolute Gasteiger partial charge is 0.394 e. The van der Waals surface area contributed by atoms with Crippen molar-refractivity contribution in [1.82, 2.24) is 5.32 Å². The van der Waals surface area contributed by atoms with Crippen molar-refractivity contribution in [2.45, 2.75) is 224 Å². The van der Waals surface area contributed by atoms with Crippen LogP contribution in [0.4, 0.5) is 0 Å². The van der Waals surface area contributed by atoms with Crippen LogP contribution in [0.2, 0.25) is 0 Å². The molecule has 1 aliphatic heterocycles. The number of rotatable bonds is 40. The highest BCUT2D eigenvalue weighted by molar-refractivity contribution is 5.76. The van der Waals surface area contributed by atoms with E-state index in [0.29, 0.717) is 12.8 Å². The first-order chi connectivity index (χ1) is 30.8. The first-order valence-corrected chi connectivity index (χ1v) is 25.0. The second kappa shape index (κ2) is 43.0. The maximum Gasteiger partial charge on any atom is 0.220 e. The lowest BCUT2D eigenvalue weighted by molar-refractivity contribution is -0.302. The van der Waals surface area contributed by atoms with Crippen LogP contribution in [-0.4, -0.2) is 87.5 Å². The average Bonchev–Trinajstić information content (AvgIpc) is 3.28. The summed E-state index contributed by atoms with van der Waals surface area (Å²) in [5, 5.41) is 54.3. The Balaban J connectivity index is 2.37. The van der Waals surface area contributed by atoms with E-state index in [2.05, 4.69) is 104 Å². The van der Waals surface area contributed by atoms with Crippen LogP contribution in [0.1, 0.15) is 181 Å². The Kier molecular flexibility index (Phi) is 39.7. The molecule has 1 rings (SSSR count). The van der Waals surface area contributed by atoms with E-state index in [4.69, 9.17) is 9.47 Å². The number of ether oxygens (including phenoxy) is 2. The lowest BCUT2D eigenvalue weighted by Crippen LogP contribution is -2.60. The van der Waals surface area contributed by atoms with Crippen LogP contribution < -0.4 is 5.32 Å². The fourth-order valence-corrected chi connectivity index (χ4v) is 7.17. The van der Waals surface area contributed by atoms with Gasteiger partial charge in [-0.1, -0.05) is 188 Å². The molecule has 9 heteroatoms. The van der Waals surface area contributed by atoms with Gasteiger partial charge in [-0.05, 0) is 83.5 Å². The van der Waals surface area contributed by atoms with Gasteiger partial charge in [-0.2, -0.15) is 0 Å². The molecule has 9 nitrogen and oxygen atoms in total. The minimum Gasteiger partial charge on any atom is -0.394 e. The number of aliphatic hydroxyl groups excluding tert-OH is 5. The summed E-state index contributed by atoms with van der Waals surface area (Å²) in [7, 11) is 0. The van der Waals surface area contributed by atoms with E-state index in [0.717, 1.165) is 83.5 Å². The second-order valence-corrected chi connectivity index (χ2v) is 16.9. The highest BCUT2D eigenvalue weighted by atomic mass is 16.7. The predicted octanol–water partition coefficient (Wildman–Crippen LogP) is 11.3. The number of amides is 1. The third-order valence-electron chi connectivity index (χ3n) is 11.1. The standard InChI is InChI=1S/C54H91NO8/c1-3-5-7-9-11-13-15-17-19-21-22-23-24-25-26-28-30-32-34-36-38-40-42-44-50(58)55-47(46-62-54-53(61)52(60)51(59)49(45-56)63-54)48(57)43-41-39-37-35-33-31-29-27-20-18-16-14-12-10-8-6-4-2/h5,7,11,13,17,19,22-23,25-26,30,32-33,35,41,43,47-49,51-54,56-57,59-61H,3-4,6,8-10,12,14-16,18,20-21,24,27-29,31,34,36-40,42,44-46H2,1-2H3,(H,55,58)/b7-5-,13-11-,19-17-,23-22-,26-25-,32-30-,35-33+,43-41+. The fraction of sp³-hybridized carbons (Fsp3) is 0.685. The van der Waals surface area contributed by atoms with Gasteiger partial charge in [0.15, 0.2) is 6.29 Å². The molecule has 6 N–H and O–H groups in total. The summed E-state index contributed by atoms with van der Waals surface area (Å²) >= 11 is 0. The Morgan fingerprint density at radius 3 is 1.52 bits per heavy atom. The van der Waals surface area contributed by atoms with Crippen molar-refractivity contribution < 1.29 is 39.8 Å². The SMILES string of the molecule is CC/C=C\C/C=C\C/C=C\C/C=C\C/C=C\C/C=C\CCCCCCC(=O)NC(COC1OC(CO)C(O)C(O)C1O)C(O)/C=C/CC/C=C/CCCCCCCCCCCCC. The van der Waals surface area contributed by atoms with Crippen molar-refractivity contribution in [3.63, 3.8) is 0 Å². The van der Waals surface area contributed by atoms with Crippen LogP contribution in [0.25, 0.3) is 0 Å². The topological polar surface area (TPSA) is 149 Å². The number of allylic oxidation sites excluding steroid dienone is 15. The molecule has 0 aromatic carbocycles. The molecule has 0 aromatic heterocycles. The average molecular weight is 882 g/mol. The molecule has 1 amide bonds. The molecule has 0 aliphatic carbocycles. The highest BCUT2D eigenvalue weighted by Gasteiger charge is 2.44. The zero-order valence-electron chi connectivity index (χ0n) is 39.5. The molecule has 1 heterocycles. The van der Waals surface area contributed by atoms with Gasteiger partial charge >= 0.3 is 0 Å². The third kappa shape index (κ3) is 33.3.